The van der Waals surface area contributed by atoms with Gasteiger partial charge < -0.3 is 4.74 Å². The highest BCUT2D eigenvalue weighted by Gasteiger charge is 2.63. The number of carbonyl (C=O) groups excluding carboxylic acids is 3. The van der Waals surface area contributed by atoms with Crippen LogP contribution in [-0.2, 0) is 0 Å². The number of ketones is 3. The molecule has 3 aliphatic carbocycles. The average molecular weight is 418 g/mol. The lowest BCUT2D eigenvalue weighted by atomic mass is 9.60. The van der Waals surface area contributed by atoms with Gasteiger partial charge in [-0.25, -0.2) is 0 Å². The Hall–Kier alpha value is -4.05. The monoisotopic (exact) mass is 418 g/mol. The molecule has 0 fully saturated rings. The molecule has 0 unspecified atom stereocenters. The minimum absolute atomic E-state index is 0.143. The lowest BCUT2D eigenvalue weighted by molar-refractivity contribution is 0.0753. The highest BCUT2D eigenvalue weighted by atomic mass is 16.5. The van der Waals surface area contributed by atoms with E-state index >= 15 is 0 Å². The van der Waals surface area contributed by atoms with Crippen LogP contribution in [0.4, 0.5) is 0 Å². The standard InChI is InChI=1S/C28H18O4/c1-32-17-12-10-16(11-13-17)23-15-14-22-24(18-6-2-3-7-19(18)25(22)29)28(23)26(30)20-8-4-5-9-21(20)27(28)31/h2-15,23H,1H3/t23-/m1/s1. The second-order valence-electron chi connectivity index (χ2n) is 8.29. The number of allylic oxidation sites excluding steroid dienone is 4. The van der Waals surface area contributed by atoms with E-state index in [1.807, 2.05) is 42.5 Å². The maximum atomic E-state index is 14.1. The minimum Gasteiger partial charge on any atom is -0.497 e. The number of hydrogen-bond acceptors (Lipinski definition) is 4. The maximum Gasteiger partial charge on any atom is 0.193 e. The van der Waals surface area contributed by atoms with Crippen LogP contribution in [0.2, 0.25) is 0 Å². The smallest absolute Gasteiger partial charge is 0.193 e. The van der Waals surface area contributed by atoms with Crippen LogP contribution >= 0.6 is 0 Å². The lowest BCUT2D eigenvalue weighted by Crippen LogP contribution is -2.42. The first-order chi connectivity index (χ1) is 15.6. The topological polar surface area (TPSA) is 60.4 Å². The largest absolute Gasteiger partial charge is 0.497 e. The fourth-order valence-corrected chi connectivity index (χ4v) is 5.47. The van der Waals surface area contributed by atoms with Gasteiger partial charge in [0.1, 0.15) is 11.2 Å². The SMILES string of the molecule is COc1ccc([C@H]2C=CC3=C(c4ccccc4C3=O)C23C(=O)c2ccccc2C3=O)cc1. The van der Waals surface area contributed by atoms with Crippen molar-refractivity contribution in [3.8, 4) is 5.75 Å². The summed E-state index contributed by atoms with van der Waals surface area (Å²) in [5.74, 6) is -0.494. The number of hydrogen-bond donors (Lipinski definition) is 0. The molecule has 32 heavy (non-hydrogen) atoms. The van der Waals surface area contributed by atoms with Gasteiger partial charge in [-0.15, -0.1) is 0 Å². The Morgan fingerprint density at radius 3 is 1.88 bits per heavy atom. The number of carbonyl (C=O) groups is 3. The van der Waals surface area contributed by atoms with Crippen molar-refractivity contribution >= 4 is 22.9 Å². The van der Waals surface area contributed by atoms with Crippen LogP contribution in [0.5, 0.6) is 5.75 Å². The van der Waals surface area contributed by atoms with E-state index < -0.39 is 11.3 Å². The van der Waals surface area contributed by atoms with E-state index in [1.54, 1.807) is 49.6 Å². The zero-order valence-electron chi connectivity index (χ0n) is 17.3. The molecule has 0 aliphatic heterocycles. The van der Waals surface area contributed by atoms with E-state index in [0.29, 0.717) is 39.1 Å². The Labute approximate surface area is 184 Å². The Morgan fingerprint density at radius 1 is 0.719 bits per heavy atom. The van der Waals surface area contributed by atoms with Gasteiger partial charge in [0.25, 0.3) is 0 Å². The molecule has 4 nitrogen and oxygen atoms in total. The molecule has 3 aromatic carbocycles. The molecular formula is C28H18O4. The van der Waals surface area contributed by atoms with Gasteiger partial charge in [-0.1, -0.05) is 72.8 Å². The van der Waals surface area contributed by atoms with Crippen LogP contribution < -0.4 is 4.74 Å². The molecule has 3 aromatic rings. The summed E-state index contributed by atoms with van der Waals surface area (Å²) < 4.78 is 5.29. The first kappa shape index (κ1) is 18.7. The highest BCUT2D eigenvalue weighted by Crippen LogP contribution is 2.60. The summed E-state index contributed by atoms with van der Waals surface area (Å²) in [6, 6.07) is 21.6. The lowest BCUT2D eigenvalue weighted by Gasteiger charge is -2.38. The van der Waals surface area contributed by atoms with Crippen molar-refractivity contribution in [1.29, 1.82) is 0 Å². The first-order valence-electron chi connectivity index (χ1n) is 10.5. The van der Waals surface area contributed by atoms with Crippen molar-refractivity contribution in [3.63, 3.8) is 0 Å². The molecule has 0 amide bonds. The molecule has 0 saturated carbocycles. The molecule has 6 rings (SSSR count). The van der Waals surface area contributed by atoms with Crippen LogP contribution in [-0.4, -0.2) is 24.5 Å². The van der Waals surface area contributed by atoms with E-state index in [-0.39, 0.29) is 17.3 Å². The first-order valence-corrected chi connectivity index (χ1v) is 10.5. The van der Waals surface area contributed by atoms with Gasteiger partial charge in [0, 0.05) is 28.2 Å². The fourth-order valence-electron chi connectivity index (χ4n) is 5.47. The number of methoxy groups -OCH3 is 1. The summed E-state index contributed by atoms with van der Waals surface area (Å²) in [6.45, 7) is 0. The van der Waals surface area contributed by atoms with Crippen LogP contribution in [0.25, 0.3) is 5.57 Å². The highest BCUT2D eigenvalue weighted by molar-refractivity contribution is 6.40. The number of fused-ring (bicyclic) bond motifs is 4. The molecule has 0 N–H and O–H groups in total. The van der Waals surface area contributed by atoms with Gasteiger partial charge in [0.15, 0.2) is 17.3 Å². The summed E-state index contributed by atoms with van der Waals surface area (Å²) >= 11 is 0. The number of Topliss-reactive ketones (excluding diaryl/α,β-unsaturated/α-hetero) is 3. The van der Waals surface area contributed by atoms with Gasteiger partial charge in [-0.2, -0.15) is 0 Å². The van der Waals surface area contributed by atoms with Crippen LogP contribution in [0.3, 0.4) is 0 Å². The van der Waals surface area contributed by atoms with E-state index in [9.17, 15) is 14.4 Å². The van der Waals surface area contributed by atoms with Crippen molar-refractivity contribution in [2.24, 2.45) is 5.41 Å². The Morgan fingerprint density at radius 2 is 1.28 bits per heavy atom. The van der Waals surface area contributed by atoms with E-state index in [4.69, 9.17) is 4.74 Å². The average Bonchev–Trinajstić information content (AvgIpc) is 3.25. The number of benzene rings is 3. The van der Waals surface area contributed by atoms with Crippen molar-refractivity contribution in [1.82, 2.24) is 0 Å². The zero-order valence-corrected chi connectivity index (χ0v) is 17.3. The second-order valence-corrected chi connectivity index (χ2v) is 8.29. The molecule has 154 valence electrons. The number of rotatable bonds is 2. The van der Waals surface area contributed by atoms with Gasteiger partial charge in [0.05, 0.1) is 7.11 Å². The third kappa shape index (κ3) is 2.14. The molecule has 1 spiro atoms. The van der Waals surface area contributed by atoms with E-state index in [0.717, 1.165) is 5.56 Å². The van der Waals surface area contributed by atoms with Crippen LogP contribution in [0.15, 0.2) is 90.5 Å². The molecule has 0 heterocycles. The minimum atomic E-state index is -1.51. The van der Waals surface area contributed by atoms with E-state index in [1.165, 1.54) is 0 Å². The molecule has 0 aromatic heterocycles. The summed E-state index contributed by atoms with van der Waals surface area (Å²) in [7, 11) is 1.59. The molecule has 0 saturated heterocycles. The van der Waals surface area contributed by atoms with Gasteiger partial charge in [0.2, 0.25) is 0 Å². The molecule has 0 radical (unpaired) electrons. The maximum absolute atomic E-state index is 14.1. The molecule has 0 bridgehead atoms. The zero-order chi connectivity index (χ0) is 22.0. The molecule has 4 heteroatoms. The van der Waals surface area contributed by atoms with Gasteiger partial charge in [-0.05, 0) is 28.8 Å². The Balaban J connectivity index is 1.67. The van der Waals surface area contributed by atoms with Crippen molar-refractivity contribution in [2.45, 2.75) is 5.92 Å². The quantitative estimate of drug-likeness (QED) is 0.546. The van der Waals surface area contributed by atoms with Crippen molar-refractivity contribution in [2.75, 3.05) is 7.11 Å². The summed E-state index contributed by atoms with van der Waals surface area (Å²) in [6.07, 6.45) is 3.62. The summed E-state index contributed by atoms with van der Waals surface area (Å²) in [5.41, 5.74) is 2.31. The predicted octanol–water partition coefficient (Wildman–Crippen LogP) is 5.06. The van der Waals surface area contributed by atoms with Crippen molar-refractivity contribution < 1.29 is 19.1 Å². The normalized spacial score (nSPS) is 19.9. The Kier molecular flexibility index (Phi) is 3.78. The summed E-state index contributed by atoms with van der Waals surface area (Å²) in [5, 5.41) is 0. The third-order valence-corrected chi connectivity index (χ3v) is 6.88. The van der Waals surface area contributed by atoms with E-state index in [2.05, 4.69) is 0 Å². The summed E-state index contributed by atoms with van der Waals surface area (Å²) in [4.78, 5) is 41.5. The van der Waals surface area contributed by atoms with Crippen molar-refractivity contribution in [3.05, 3.63) is 118 Å². The second kappa shape index (κ2) is 6.47. The molecule has 3 aliphatic rings. The predicted molar refractivity (Wildman–Crippen MR) is 120 cm³/mol. The van der Waals surface area contributed by atoms with Crippen LogP contribution in [0, 0.1) is 5.41 Å². The molecule has 1 atom stereocenters. The van der Waals surface area contributed by atoms with Crippen LogP contribution in [0.1, 0.15) is 48.1 Å². The number of ether oxygens (including phenoxy) is 1. The third-order valence-electron chi connectivity index (χ3n) is 6.88. The fraction of sp³-hybridized carbons (Fsp3) is 0.107. The van der Waals surface area contributed by atoms with Gasteiger partial charge >= 0.3 is 0 Å². The van der Waals surface area contributed by atoms with Gasteiger partial charge in [-0.3, -0.25) is 14.4 Å². The Bertz CT molecular complexity index is 1370. The molecular weight excluding hydrogens is 400 g/mol.